The Hall–Kier alpha value is -2.56. The highest BCUT2D eigenvalue weighted by atomic mass is 16.5. The maximum atomic E-state index is 12.0. The van der Waals surface area contributed by atoms with Gasteiger partial charge in [0, 0.05) is 11.1 Å². The fourth-order valence-corrected chi connectivity index (χ4v) is 1.98. The number of aromatic hydroxyl groups is 2. The van der Waals surface area contributed by atoms with E-state index in [0.29, 0.717) is 0 Å². The number of carbonyl (C=O) groups is 2. The molecule has 0 fully saturated rings. The highest BCUT2D eigenvalue weighted by Crippen LogP contribution is 2.40. The molecule has 5 heteroatoms. The summed E-state index contributed by atoms with van der Waals surface area (Å²) in [7, 11) is 0. The Morgan fingerprint density at radius 2 is 1.24 bits per heavy atom. The summed E-state index contributed by atoms with van der Waals surface area (Å²) in [5, 5.41) is 18.8. The highest BCUT2D eigenvalue weighted by Gasteiger charge is 2.37. The number of fused-ring (bicyclic) bond motifs is 2. The molecule has 1 aromatic carbocycles. The van der Waals surface area contributed by atoms with Gasteiger partial charge in [0.1, 0.15) is 11.1 Å². The number of ketones is 2. The molecule has 0 saturated carbocycles. The largest absolute Gasteiger partial charge is 0.480 e. The van der Waals surface area contributed by atoms with Gasteiger partial charge in [-0.05, 0) is 0 Å². The Morgan fingerprint density at radius 1 is 0.824 bits per heavy atom. The molecule has 5 nitrogen and oxygen atoms in total. The van der Waals surface area contributed by atoms with Crippen LogP contribution in [0.15, 0.2) is 28.7 Å². The fourth-order valence-electron chi connectivity index (χ4n) is 1.98. The summed E-state index contributed by atoms with van der Waals surface area (Å²) in [5.41, 5.74) is -0.153. The summed E-state index contributed by atoms with van der Waals surface area (Å²) in [6.45, 7) is 0. The molecule has 0 saturated heterocycles. The van der Waals surface area contributed by atoms with E-state index >= 15 is 0 Å². The Labute approximate surface area is 94.9 Å². The van der Waals surface area contributed by atoms with E-state index in [9.17, 15) is 19.8 Å². The molecule has 1 aliphatic rings. The van der Waals surface area contributed by atoms with Gasteiger partial charge in [-0.15, -0.1) is 0 Å². The Bertz CT molecular complexity index is 610. The third kappa shape index (κ3) is 1.08. The van der Waals surface area contributed by atoms with E-state index in [-0.39, 0.29) is 22.3 Å². The number of hydrogen-bond donors (Lipinski definition) is 2. The molecule has 2 N–H and O–H groups in total. The zero-order chi connectivity index (χ0) is 12.2. The minimum absolute atomic E-state index is 0.195. The highest BCUT2D eigenvalue weighted by molar-refractivity contribution is 6.29. The minimum Gasteiger partial charge on any atom is -0.480 e. The van der Waals surface area contributed by atoms with E-state index in [1.807, 2.05) is 0 Å². The lowest BCUT2D eigenvalue weighted by Crippen LogP contribution is -2.19. The second-order valence-electron chi connectivity index (χ2n) is 3.67. The number of furan rings is 1. The van der Waals surface area contributed by atoms with Crippen LogP contribution in [0.25, 0.3) is 0 Å². The summed E-state index contributed by atoms with van der Waals surface area (Å²) >= 11 is 0. The van der Waals surface area contributed by atoms with Gasteiger partial charge in [0.25, 0.3) is 11.9 Å². The van der Waals surface area contributed by atoms with Crippen molar-refractivity contribution in [2.24, 2.45) is 0 Å². The van der Waals surface area contributed by atoms with Crippen LogP contribution in [0.4, 0.5) is 0 Å². The maximum Gasteiger partial charge on any atom is 0.297 e. The zero-order valence-electron chi connectivity index (χ0n) is 8.43. The van der Waals surface area contributed by atoms with Crippen LogP contribution in [-0.2, 0) is 0 Å². The van der Waals surface area contributed by atoms with E-state index in [1.165, 1.54) is 12.1 Å². The predicted octanol–water partition coefficient (Wildman–Crippen LogP) is 1.47. The van der Waals surface area contributed by atoms with Crippen molar-refractivity contribution in [2.75, 3.05) is 0 Å². The van der Waals surface area contributed by atoms with Gasteiger partial charge >= 0.3 is 0 Å². The molecule has 0 bridgehead atoms. The molecule has 0 spiro atoms. The molecule has 1 aromatic heterocycles. The summed E-state index contributed by atoms with van der Waals surface area (Å²) in [4.78, 5) is 24.0. The number of benzene rings is 1. The normalized spacial score (nSPS) is 13.4. The monoisotopic (exact) mass is 230 g/mol. The van der Waals surface area contributed by atoms with Crippen LogP contribution < -0.4 is 0 Å². The molecule has 1 aliphatic carbocycles. The molecular weight excluding hydrogens is 224 g/mol. The van der Waals surface area contributed by atoms with Crippen LogP contribution in [0.2, 0.25) is 0 Å². The molecule has 1 heterocycles. The first-order chi connectivity index (χ1) is 8.11. The Kier molecular flexibility index (Phi) is 1.69. The molecule has 17 heavy (non-hydrogen) atoms. The topological polar surface area (TPSA) is 87.7 Å². The van der Waals surface area contributed by atoms with Gasteiger partial charge in [-0.25, -0.2) is 0 Å². The van der Waals surface area contributed by atoms with Crippen molar-refractivity contribution in [3.63, 3.8) is 0 Å². The fraction of sp³-hybridized carbons (Fsp3) is 0. The average Bonchev–Trinajstić information content (AvgIpc) is 2.62. The van der Waals surface area contributed by atoms with Gasteiger partial charge in [-0.2, -0.15) is 0 Å². The van der Waals surface area contributed by atoms with Crippen LogP contribution in [0.3, 0.4) is 0 Å². The minimum atomic E-state index is -0.731. The summed E-state index contributed by atoms with van der Waals surface area (Å²) < 4.78 is 4.51. The lowest BCUT2D eigenvalue weighted by Gasteiger charge is -2.12. The first-order valence-corrected chi connectivity index (χ1v) is 4.84. The second kappa shape index (κ2) is 2.98. The van der Waals surface area contributed by atoms with Crippen molar-refractivity contribution < 1.29 is 24.2 Å². The third-order valence-corrected chi connectivity index (χ3v) is 2.74. The van der Waals surface area contributed by atoms with Crippen molar-refractivity contribution in [1.29, 1.82) is 0 Å². The SMILES string of the molecule is O=C1c2ccccc2C(=O)c2c(O)oc(O)c21. The molecule has 0 aliphatic heterocycles. The average molecular weight is 230 g/mol. The van der Waals surface area contributed by atoms with Crippen LogP contribution in [0.5, 0.6) is 11.9 Å². The van der Waals surface area contributed by atoms with Gasteiger partial charge in [0.2, 0.25) is 11.6 Å². The molecule has 0 unspecified atom stereocenters. The van der Waals surface area contributed by atoms with Gasteiger partial charge in [-0.1, -0.05) is 24.3 Å². The molecular formula is C12H6O5. The molecule has 3 rings (SSSR count). The molecule has 84 valence electrons. The Balaban J connectivity index is 2.39. The molecule has 2 aromatic rings. The number of carbonyl (C=O) groups excluding carboxylic acids is 2. The standard InChI is InChI=1S/C12H6O5/c13-9-5-3-1-2-4-6(5)10(14)8-7(9)11(15)17-12(8)16/h1-4,15-16H. The van der Waals surface area contributed by atoms with Crippen LogP contribution >= 0.6 is 0 Å². The van der Waals surface area contributed by atoms with Gasteiger partial charge in [0.15, 0.2) is 0 Å². The molecule has 0 atom stereocenters. The quantitative estimate of drug-likeness (QED) is 0.610. The zero-order valence-corrected chi connectivity index (χ0v) is 8.43. The van der Waals surface area contributed by atoms with Crippen molar-refractivity contribution in [1.82, 2.24) is 0 Å². The van der Waals surface area contributed by atoms with E-state index in [1.54, 1.807) is 12.1 Å². The lowest BCUT2D eigenvalue weighted by molar-refractivity contribution is 0.0976. The predicted molar refractivity (Wildman–Crippen MR) is 55.3 cm³/mol. The van der Waals surface area contributed by atoms with Crippen LogP contribution in [0.1, 0.15) is 31.8 Å². The van der Waals surface area contributed by atoms with E-state index in [2.05, 4.69) is 4.42 Å². The molecule has 0 radical (unpaired) electrons. The van der Waals surface area contributed by atoms with Crippen LogP contribution in [0, 0.1) is 0 Å². The van der Waals surface area contributed by atoms with Crippen LogP contribution in [-0.4, -0.2) is 21.8 Å². The van der Waals surface area contributed by atoms with Crippen molar-refractivity contribution in [3.05, 3.63) is 46.5 Å². The summed E-state index contributed by atoms with van der Waals surface area (Å²) in [6, 6.07) is 6.21. The van der Waals surface area contributed by atoms with Gasteiger partial charge < -0.3 is 14.6 Å². The summed E-state index contributed by atoms with van der Waals surface area (Å²) in [5.74, 6) is -2.52. The van der Waals surface area contributed by atoms with Crippen molar-refractivity contribution in [2.45, 2.75) is 0 Å². The van der Waals surface area contributed by atoms with E-state index in [4.69, 9.17) is 0 Å². The first kappa shape index (κ1) is 9.65. The van der Waals surface area contributed by atoms with E-state index < -0.39 is 23.5 Å². The Morgan fingerprint density at radius 3 is 1.65 bits per heavy atom. The number of hydrogen-bond acceptors (Lipinski definition) is 5. The van der Waals surface area contributed by atoms with Crippen molar-refractivity contribution >= 4 is 11.6 Å². The smallest absolute Gasteiger partial charge is 0.297 e. The third-order valence-electron chi connectivity index (χ3n) is 2.74. The maximum absolute atomic E-state index is 12.0. The van der Waals surface area contributed by atoms with E-state index in [0.717, 1.165) is 0 Å². The van der Waals surface area contributed by atoms with Gasteiger partial charge in [0.05, 0.1) is 0 Å². The second-order valence-corrected chi connectivity index (χ2v) is 3.67. The summed E-state index contributed by atoms with van der Waals surface area (Å²) in [6.07, 6.45) is 0. The van der Waals surface area contributed by atoms with Gasteiger partial charge in [-0.3, -0.25) is 9.59 Å². The number of rotatable bonds is 0. The van der Waals surface area contributed by atoms with Crippen molar-refractivity contribution in [3.8, 4) is 11.9 Å². The first-order valence-electron chi connectivity index (χ1n) is 4.84. The molecule has 0 amide bonds. The lowest BCUT2D eigenvalue weighted by atomic mass is 9.86.